The summed E-state index contributed by atoms with van der Waals surface area (Å²) in [5.74, 6) is 0.697. The van der Waals surface area contributed by atoms with Crippen LogP contribution in [0.5, 0.6) is 0 Å². The second-order valence-electron chi connectivity index (χ2n) is 4.88. The topological polar surface area (TPSA) is 21.3 Å². The molecule has 2 heterocycles. The van der Waals surface area contributed by atoms with E-state index < -0.39 is 0 Å². The molecule has 0 spiro atoms. The number of thiophene rings is 1. The molecule has 0 radical (unpaired) electrons. The molecule has 0 saturated carbocycles. The molecule has 0 amide bonds. The third-order valence-corrected chi connectivity index (χ3v) is 4.53. The minimum atomic E-state index is 0.412. The van der Waals surface area contributed by atoms with Crippen molar-refractivity contribution >= 4 is 11.3 Å². The molecule has 2 rings (SSSR count). The lowest BCUT2D eigenvalue weighted by Crippen LogP contribution is -2.42. The standard InChI is InChI=1S/C14H23NOS/c1-3-15-13(14-11(2)8-9-16-14)7-6-12-5-4-10-17-12/h4-5,10-11,13-15H,3,6-9H2,1-2H3. The highest BCUT2D eigenvalue weighted by atomic mass is 32.1. The van der Waals surface area contributed by atoms with E-state index in [4.69, 9.17) is 4.74 Å². The van der Waals surface area contributed by atoms with Gasteiger partial charge in [0.25, 0.3) is 0 Å². The van der Waals surface area contributed by atoms with E-state index in [9.17, 15) is 0 Å². The molecule has 0 aromatic carbocycles. The van der Waals surface area contributed by atoms with Crippen LogP contribution in [-0.4, -0.2) is 25.3 Å². The first-order chi connectivity index (χ1) is 8.31. The summed E-state index contributed by atoms with van der Waals surface area (Å²) in [5.41, 5.74) is 0. The number of aryl methyl sites for hydroxylation is 1. The van der Waals surface area contributed by atoms with Gasteiger partial charge >= 0.3 is 0 Å². The summed E-state index contributed by atoms with van der Waals surface area (Å²) in [7, 11) is 0. The van der Waals surface area contributed by atoms with Crippen molar-refractivity contribution in [3.63, 3.8) is 0 Å². The maximum Gasteiger partial charge on any atom is 0.0754 e. The Bertz CT molecular complexity index is 312. The molecular weight excluding hydrogens is 230 g/mol. The van der Waals surface area contributed by atoms with Crippen molar-refractivity contribution in [2.45, 2.75) is 45.3 Å². The molecule has 1 fully saturated rings. The van der Waals surface area contributed by atoms with Crippen molar-refractivity contribution in [3.8, 4) is 0 Å². The van der Waals surface area contributed by atoms with Gasteiger partial charge < -0.3 is 10.1 Å². The SMILES string of the molecule is CCNC(CCc1cccs1)C1OCCC1C. The van der Waals surface area contributed by atoms with Crippen LogP contribution < -0.4 is 5.32 Å². The minimum absolute atomic E-state index is 0.412. The average Bonchev–Trinajstić information content (AvgIpc) is 2.95. The number of ether oxygens (including phenoxy) is 1. The Morgan fingerprint density at radius 1 is 1.59 bits per heavy atom. The van der Waals surface area contributed by atoms with Gasteiger partial charge in [-0.15, -0.1) is 11.3 Å². The molecule has 3 unspecified atom stereocenters. The van der Waals surface area contributed by atoms with Crippen molar-refractivity contribution < 1.29 is 4.74 Å². The van der Waals surface area contributed by atoms with E-state index in [1.54, 1.807) is 0 Å². The normalized spacial score (nSPS) is 26.2. The Labute approximate surface area is 108 Å². The zero-order valence-corrected chi connectivity index (χ0v) is 11.6. The Morgan fingerprint density at radius 2 is 2.47 bits per heavy atom. The number of rotatable bonds is 6. The molecule has 3 atom stereocenters. The largest absolute Gasteiger partial charge is 0.376 e. The molecule has 1 aromatic rings. The van der Waals surface area contributed by atoms with Crippen LogP contribution in [0, 0.1) is 5.92 Å². The highest BCUT2D eigenvalue weighted by Gasteiger charge is 2.31. The summed E-state index contributed by atoms with van der Waals surface area (Å²) in [6.07, 6.45) is 3.98. The molecule has 17 heavy (non-hydrogen) atoms. The zero-order chi connectivity index (χ0) is 12.1. The van der Waals surface area contributed by atoms with Gasteiger partial charge in [0, 0.05) is 17.5 Å². The fraction of sp³-hybridized carbons (Fsp3) is 0.714. The molecule has 1 aliphatic rings. The molecule has 96 valence electrons. The average molecular weight is 253 g/mol. The predicted octanol–water partition coefficient (Wildman–Crippen LogP) is 3.08. The number of hydrogen-bond donors (Lipinski definition) is 1. The van der Waals surface area contributed by atoms with Crippen LogP contribution in [0.2, 0.25) is 0 Å². The highest BCUT2D eigenvalue weighted by Crippen LogP contribution is 2.25. The van der Waals surface area contributed by atoms with Crippen LogP contribution in [-0.2, 0) is 11.2 Å². The van der Waals surface area contributed by atoms with Crippen LogP contribution in [0.1, 0.15) is 31.6 Å². The van der Waals surface area contributed by atoms with Gasteiger partial charge in [-0.2, -0.15) is 0 Å². The van der Waals surface area contributed by atoms with E-state index in [2.05, 4.69) is 36.7 Å². The van der Waals surface area contributed by atoms with Crippen LogP contribution in [0.4, 0.5) is 0 Å². The van der Waals surface area contributed by atoms with E-state index in [0.29, 0.717) is 18.1 Å². The highest BCUT2D eigenvalue weighted by molar-refractivity contribution is 7.09. The quantitative estimate of drug-likeness (QED) is 0.841. The lowest BCUT2D eigenvalue weighted by Gasteiger charge is -2.26. The summed E-state index contributed by atoms with van der Waals surface area (Å²) >= 11 is 1.86. The molecule has 2 nitrogen and oxygen atoms in total. The number of nitrogens with one attached hydrogen (secondary N) is 1. The van der Waals surface area contributed by atoms with Crippen LogP contribution in [0.25, 0.3) is 0 Å². The van der Waals surface area contributed by atoms with Crippen LogP contribution in [0.15, 0.2) is 17.5 Å². The first-order valence-electron chi connectivity index (χ1n) is 6.68. The fourth-order valence-electron chi connectivity index (χ4n) is 2.63. The monoisotopic (exact) mass is 253 g/mol. The maximum atomic E-state index is 5.89. The molecule has 3 heteroatoms. The molecule has 1 N–H and O–H groups in total. The molecular formula is C14H23NOS. The number of hydrogen-bond acceptors (Lipinski definition) is 3. The molecule has 1 aromatic heterocycles. The predicted molar refractivity (Wildman–Crippen MR) is 73.6 cm³/mol. The van der Waals surface area contributed by atoms with Gasteiger partial charge in [0.1, 0.15) is 0 Å². The fourth-order valence-corrected chi connectivity index (χ4v) is 3.35. The third-order valence-electron chi connectivity index (χ3n) is 3.59. The van der Waals surface area contributed by atoms with Crippen LogP contribution in [0.3, 0.4) is 0 Å². The van der Waals surface area contributed by atoms with E-state index in [0.717, 1.165) is 13.2 Å². The van der Waals surface area contributed by atoms with Crippen molar-refractivity contribution in [1.29, 1.82) is 0 Å². The minimum Gasteiger partial charge on any atom is -0.376 e. The Morgan fingerprint density at radius 3 is 3.06 bits per heavy atom. The van der Waals surface area contributed by atoms with Gasteiger partial charge in [0.2, 0.25) is 0 Å². The summed E-state index contributed by atoms with van der Waals surface area (Å²) in [5, 5.41) is 5.76. The first-order valence-corrected chi connectivity index (χ1v) is 7.56. The van der Waals surface area contributed by atoms with Gasteiger partial charge in [0.05, 0.1) is 6.10 Å². The Balaban J connectivity index is 1.88. The van der Waals surface area contributed by atoms with Crippen LogP contribution >= 0.6 is 11.3 Å². The summed E-state index contributed by atoms with van der Waals surface area (Å²) in [6.45, 7) is 6.46. The Hall–Kier alpha value is -0.380. The molecule has 0 bridgehead atoms. The molecule has 1 aliphatic heterocycles. The molecule has 1 saturated heterocycles. The Kier molecular flexibility index (Phi) is 5.01. The van der Waals surface area contributed by atoms with E-state index in [1.807, 2.05) is 11.3 Å². The van der Waals surface area contributed by atoms with Gasteiger partial charge in [-0.05, 0) is 43.2 Å². The second kappa shape index (κ2) is 6.53. The molecule has 0 aliphatic carbocycles. The third kappa shape index (κ3) is 3.54. The summed E-state index contributed by atoms with van der Waals surface area (Å²) in [6, 6.07) is 4.88. The van der Waals surface area contributed by atoms with Gasteiger partial charge in [-0.1, -0.05) is 19.9 Å². The van der Waals surface area contributed by atoms with Crippen molar-refractivity contribution in [3.05, 3.63) is 22.4 Å². The van der Waals surface area contributed by atoms with Gasteiger partial charge in [-0.3, -0.25) is 0 Å². The maximum absolute atomic E-state index is 5.89. The van der Waals surface area contributed by atoms with Crippen molar-refractivity contribution in [2.24, 2.45) is 5.92 Å². The van der Waals surface area contributed by atoms with E-state index in [1.165, 1.54) is 24.1 Å². The smallest absolute Gasteiger partial charge is 0.0754 e. The van der Waals surface area contributed by atoms with Crippen molar-refractivity contribution in [1.82, 2.24) is 5.32 Å². The summed E-state index contributed by atoms with van der Waals surface area (Å²) < 4.78 is 5.89. The first kappa shape index (κ1) is 13.1. The van der Waals surface area contributed by atoms with Gasteiger partial charge in [0.15, 0.2) is 0 Å². The summed E-state index contributed by atoms with van der Waals surface area (Å²) in [4.78, 5) is 1.48. The number of likely N-dealkylation sites (N-methyl/N-ethyl adjacent to an activating group) is 1. The lowest BCUT2D eigenvalue weighted by atomic mass is 9.94. The zero-order valence-electron chi connectivity index (χ0n) is 10.8. The van der Waals surface area contributed by atoms with E-state index in [-0.39, 0.29) is 0 Å². The van der Waals surface area contributed by atoms with E-state index >= 15 is 0 Å². The van der Waals surface area contributed by atoms with Crippen molar-refractivity contribution in [2.75, 3.05) is 13.2 Å². The lowest BCUT2D eigenvalue weighted by molar-refractivity contribution is 0.0589. The van der Waals surface area contributed by atoms with Gasteiger partial charge in [-0.25, -0.2) is 0 Å². The second-order valence-corrected chi connectivity index (χ2v) is 5.92.